The highest BCUT2D eigenvalue weighted by Gasteiger charge is 2.44. The third kappa shape index (κ3) is 3.33. The number of carboxylic acid groups (broad SMARTS) is 1. The van der Waals surface area contributed by atoms with Crippen molar-refractivity contribution >= 4 is 18.0 Å². The van der Waals surface area contributed by atoms with Crippen LogP contribution in [0.4, 0.5) is 4.79 Å². The highest BCUT2D eigenvalue weighted by atomic mass is 16.5. The first-order chi connectivity index (χ1) is 13.5. The second kappa shape index (κ2) is 7.44. The van der Waals surface area contributed by atoms with E-state index in [4.69, 9.17) is 4.74 Å². The van der Waals surface area contributed by atoms with Gasteiger partial charge in [-0.1, -0.05) is 0 Å². The summed E-state index contributed by atoms with van der Waals surface area (Å²) < 4.78 is 6.93. The van der Waals surface area contributed by atoms with E-state index in [-0.39, 0.29) is 36.4 Å². The predicted octanol–water partition coefficient (Wildman–Crippen LogP) is 1.71. The molecule has 1 aromatic rings. The minimum atomic E-state index is -0.962. The van der Waals surface area contributed by atoms with Crippen LogP contribution in [0.5, 0.6) is 0 Å². The minimum absolute atomic E-state index is 0.0312. The fourth-order valence-electron chi connectivity index (χ4n) is 4.83. The van der Waals surface area contributed by atoms with Gasteiger partial charge in [0.2, 0.25) is 0 Å². The van der Waals surface area contributed by atoms with Crippen LogP contribution in [0.2, 0.25) is 0 Å². The number of carbonyl (C=O) groups excluding carboxylic acids is 2. The van der Waals surface area contributed by atoms with Gasteiger partial charge in [0.1, 0.15) is 0 Å². The number of rotatable bonds is 3. The molecule has 2 saturated heterocycles. The highest BCUT2D eigenvalue weighted by Crippen LogP contribution is 2.38. The van der Waals surface area contributed by atoms with Gasteiger partial charge in [0.15, 0.2) is 5.69 Å². The van der Waals surface area contributed by atoms with Crippen molar-refractivity contribution in [3.8, 4) is 0 Å². The fraction of sp³-hybridized carbons (Fsp3) is 0.684. The van der Waals surface area contributed by atoms with Crippen LogP contribution in [0, 0.1) is 5.92 Å². The topological polar surface area (TPSA) is 105 Å². The van der Waals surface area contributed by atoms with Crippen LogP contribution in [0.15, 0.2) is 6.07 Å². The molecule has 2 unspecified atom stereocenters. The monoisotopic (exact) mass is 390 g/mol. The van der Waals surface area contributed by atoms with Gasteiger partial charge in [0.25, 0.3) is 5.91 Å². The lowest BCUT2D eigenvalue weighted by atomic mass is 9.78. The molecule has 2 amide bonds. The number of aromatic nitrogens is 2. The molecule has 28 heavy (non-hydrogen) atoms. The number of fused-ring (bicyclic) bond motifs is 3. The van der Waals surface area contributed by atoms with E-state index < -0.39 is 6.09 Å². The summed E-state index contributed by atoms with van der Waals surface area (Å²) >= 11 is 0. The van der Waals surface area contributed by atoms with Gasteiger partial charge in [0.05, 0.1) is 31.3 Å². The van der Waals surface area contributed by atoms with Crippen LogP contribution in [0.25, 0.3) is 0 Å². The molecule has 0 aliphatic carbocycles. The van der Waals surface area contributed by atoms with E-state index >= 15 is 0 Å². The molecular formula is C19H26N4O5. The first kappa shape index (κ1) is 18.8. The van der Waals surface area contributed by atoms with Crippen LogP contribution in [-0.4, -0.2) is 67.9 Å². The van der Waals surface area contributed by atoms with Crippen LogP contribution in [0.1, 0.15) is 55.2 Å². The number of nitrogens with zero attached hydrogens (tertiary/aromatic N) is 4. The maximum absolute atomic E-state index is 13.3. The molecule has 4 rings (SSSR count). The van der Waals surface area contributed by atoms with Crippen molar-refractivity contribution in [2.24, 2.45) is 5.92 Å². The van der Waals surface area contributed by atoms with Gasteiger partial charge >= 0.3 is 12.1 Å². The molecule has 0 radical (unpaired) electrons. The maximum Gasteiger partial charge on any atom is 0.407 e. The lowest BCUT2D eigenvalue weighted by molar-refractivity contribution is -0.151. The largest absolute Gasteiger partial charge is 0.466 e. The van der Waals surface area contributed by atoms with Crippen LogP contribution in [-0.2, 0) is 22.6 Å². The quantitative estimate of drug-likeness (QED) is 0.788. The Labute approximate surface area is 163 Å². The smallest absolute Gasteiger partial charge is 0.407 e. The number of amides is 2. The Kier molecular flexibility index (Phi) is 4.99. The molecule has 4 heterocycles. The predicted molar refractivity (Wildman–Crippen MR) is 97.6 cm³/mol. The summed E-state index contributed by atoms with van der Waals surface area (Å²) in [5.74, 6) is -0.405. The van der Waals surface area contributed by atoms with Gasteiger partial charge in [-0.15, -0.1) is 0 Å². The van der Waals surface area contributed by atoms with Gasteiger partial charge in [-0.25, -0.2) is 4.79 Å². The second-order valence-corrected chi connectivity index (χ2v) is 7.82. The van der Waals surface area contributed by atoms with E-state index in [0.717, 1.165) is 25.0 Å². The summed E-state index contributed by atoms with van der Waals surface area (Å²) in [6, 6.07) is 1.78. The number of esters is 1. The molecular weight excluding hydrogens is 364 g/mol. The fourth-order valence-corrected chi connectivity index (χ4v) is 4.83. The van der Waals surface area contributed by atoms with Crippen molar-refractivity contribution < 1.29 is 24.2 Å². The van der Waals surface area contributed by atoms with E-state index in [2.05, 4.69) is 5.10 Å². The zero-order chi connectivity index (χ0) is 19.8. The second-order valence-electron chi connectivity index (χ2n) is 7.82. The van der Waals surface area contributed by atoms with Gasteiger partial charge in [-0.3, -0.25) is 14.3 Å². The van der Waals surface area contributed by atoms with Gasteiger partial charge < -0.3 is 19.6 Å². The van der Waals surface area contributed by atoms with Crippen LogP contribution < -0.4 is 0 Å². The Bertz CT molecular complexity index is 777. The maximum atomic E-state index is 13.3. The minimum Gasteiger partial charge on any atom is -0.466 e. The summed E-state index contributed by atoms with van der Waals surface area (Å²) in [6.45, 7) is 3.25. The van der Waals surface area contributed by atoms with Crippen molar-refractivity contribution in [3.63, 3.8) is 0 Å². The van der Waals surface area contributed by atoms with Gasteiger partial charge in [-0.2, -0.15) is 5.10 Å². The van der Waals surface area contributed by atoms with Crippen molar-refractivity contribution in [3.05, 3.63) is 17.5 Å². The van der Waals surface area contributed by atoms with E-state index in [1.165, 1.54) is 4.90 Å². The Morgan fingerprint density at radius 2 is 1.93 bits per heavy atom. The van der Waals surface area contributed by atoms with Gasteiger partial charge in [0, 0.05) is 18.6 Å². The van der Waals surface area contributed by atoms with Crippen molar-refractivity contribution in [2.75, 3.05) is 13.2 Å². The molecule has 9 nitrogen and oxygen atoms in total. The third-order valence-electron chi connectivity index (χ3n) is 6.12. The first-order valence-corrected chi connectivity index (χ1v) is 10.0. The van der Waals surface area contributed by atoms with Crippen LogP contribution in [0.3, 0.4) is 0 Å². The summed E-state index contributed by atoms with van der Waals surface area (Å²) in [7, 11) is 0. The number of hydrogen-bond acceptors (Lipinski definition) is 5. The molecule has 0 spiro atoms. The van der Waals surface area contributed by atoms with E-state index in [1.54, 1.807) is 10.7 Å². The number of piperidine rings is 2. The molecule has 9 heteroatoms. The third-order valence-corrected chi connectivity index (χ3v) is 6.12. The summed E-state index contributed by atoms with van der Waals surface area (Å²) in [5.41, 5.74) is 1.11. The molecule has 2 bridgehead atoms. The molecule has 1 N–H and O–H groups in total. The lowest BCUT2D eigenvalue weighted by Gasteiger charge is -2.48. The first-order valence-electron chi connectivity index (χ1n) is 10.0. The zero-order valence-corrected chi connectivity index (χ0v) is 16.0. The molecule has 2 fully saturated rings. The molecule has 3 aliphatic rings. The average Bonchev–Trinajstić information content (AvgIpc) is 3.09. The highest BCUT2D eigenvalue weighted by molar-refractivity contribution is 5.93. The van der Waals surface area contributed by atoms with E-state index in [0.29, 0.717) is 38.2 Å². The number of hydrogen-bond donors (Lipinski definition) is 1. The Balaban J connectivity index is 1.51. The average molecular weight is 390 g/mol. The Hall–Kier alpha value is -2.58. The van der Waals surface area contributed by atoms with Crippen molar-refractivity contribution in [1.82, 2.24) is 19.6 Å². The number of carbonyl (C=O) groups is 3. The molecule has 3 aliphatic heterocycles. The summed E-state index contributed by atoms with van der Waals surface area (Å²) in [4.78, 5) is 39.9. The summed E-state index contributed by atoms with van der Waals surface area (Å²) in [5, 5.41) is 13.6. The zero-order valence-electron chi connectivity index (χ0n) is 16.0. The Morgan fingerprint density at radius 1 is 1.21 bits per heavy atom. The van der Waals surface area contributed by atoms with E-state index in [9.17, 15) is 19.5 Å². The number of ether oxygens (including phenoxy) is 1. The van der Waals surface area contributed by atoms with Crippen molar-refractivity contribution in [1.29, 1.82) is 0 Å². The molecule has 0 saturated carbocycles. The molecule has 152 valence electrons. The van der Waals surface area contributed by atoms with E-state index in [1.807, 2.05) is 11.8 Å². The molecule has 1 aromatic heterocycles. The van der Waals surface area contributed by atoms with Crippen molar-refractivity contribution in [2.45, 2.75) is 64.2 Å². The summed E-state index contributed by atoms with van der Waals surface area (Å²) in [6.07, 6.45) is 3.15. The normalized spacial score (nSPS) is 26.5. The lowest BCUT2D eigenvalue weighted by Crippen LogP contribution is -2.55. The molecule has 0 aromatic carbocycles. The Morgan fingerprint density at radius 3 is 2.57 bits per heavy atom. The van der Waals surface area contributed by atoms with Crippen LogP contribution >= 0.6 is 0 Å². The standard InChI is InChI=1S/C19H26N4O5/c1-2-28-18(25)12-8-13-4-3-5-14(9-12)23(13)17(24)16-10-15-11-21(19(26)27)6-7-22(15)20-16/h10,12-14H,2-9,11H2,1H3,(H,26,27). The molecule has 2 atom stereocenters. The van der Waals surface area contributed by atoms with Gasteiger partial charge in [-0.05, 0) is 45.1 Å². The SMILES string of the molecule is CCOC(=O)C1CC2CCCC(C1)N2C(=O)c1cc2n(n1)CCN(C(=O)O)C2.